The number of ether oxygens (including phenoxy) is 2. The van der Waals surface area contributed by atoms with Crippen molar-refractivity contribution in [3.8, 4) is 34.1 Å². The zero-order chi connectivity index (χ0) is 22.2. The fourth-order valence-electron chi connectivity index (χ4n) is 5.56. The van der Waals surface area contributed by atoms with Gasteiger partial charge in [-0.05, 0) is 58.5 Å². The Morgan fingerprint density at radius 1 is 0.559 bits per heavy atom. The average Bonchev–Trinajstić information content (AvgIpc) is 3.27. The van der Waals surface area contributed by atoms with Crippen LogP contribution in [0.4, 0.5) is 0 Å². The minimum atomic E-state index is 0.0817. The van der Waals surface area contributed by atoms with Crippen molar-refractivity contribution in [1.82, 2.24) is 0 Å². The molecule has 34 heavy (non-hydrogen) atoms. The summed E-state index contributed by atoms with van der Waals surface area (Å²) in [6, 6.07) is 36.4. The molecule has 0 aliphatic carbocycles. The van der Waals surface area contributed by atoms with Gasteiger partial charge in [0, 0.05) is 25.6 Å². The molecule has 0 spiro atoms. The van der Waals surface area contributed by atoms with E-state index in [0.29, 0.717) is 0 Å². The number of hydrogen-bond donors (Lipinski definition) is 0. The van der Waals surface area contributed by atoms with E-state index < -0.39 is 0 Å². The first-order valence-corrected chi connectivity index (χ1v) is 12.3. The first-order chi connectivity index (χ1) is 16.8. The minimum Gasteiger partial charge on any atom is -0.458 e. The molecular formula is C30H17BO2S. The summed E-state index contributed by atoms with van der Waals surface area (Å²) in [6.45, 7) is 0.0817. The largest absolute Gasteiger partial charge is 0.458 e. The molecule has 0 amide bonds. The van der Waals surface area contributed by atoms with E-state index >= 15 is 0 Å². The van der Waals surface area contributed by atoms with Gasteiger partial charge in [-0.15, -0.1) is 11.3 Å². The third-order valence-electron chi connectivity index (χ3n) is 7.02. The minimum absolute atomic E-state index is 0.0817. The van der Waals surface area contributed by atoms with Crippen molar-refractivity contribution in [2.75, 3.05) is 0 Å². The zero-order valence-corrected chi connectivity index (χ0v) is 18.9. The van der Waals surface area contributed by atoms with E-state index in [2.05, 4.69) is 78.9 Å². The molecule has 0 fully saturated rings. The molecule has 0 bridgehead atoms. The second-order valence-electron chi connectivity index (χ2n) is 8.87. The van der Waals surface area contributed by atoms with Crippen LogP contribution in [0.15, 0.2) is 103 Å². The van der Waals surface area contributed by atoms with Crippen LogP contribution in [0.1, 0.15) is 0 Å². The van der Waals surface area contributed by atoms with Crippen LogP contribution in [0.5, 0.6) is 23.0 Å². The Bertz CT molecular complexity index is 1770. The van der Waals surface area contributed by atoms with Crippen LogP contribution in [0.2, 0.25) is 0 Å². The number of rotatable bonds is 1. The number of thiophene rings is 1. The molecule has 4 heteroatoms. The molecule has 0 N–H and O–H groups in total. The Morgan fingerprint density at radius 2 is 1.26 bits per heavy atom. The van der Waals surface area contributed by atoms with Crippen LogP contribution in [0, 0.1) is 0 Å². The van der Waals surface area contributed by atoms with Crippen LogP contribution in [0.25, 0.3) is 31.3 Å². The molecule has 0 saturated heterocycles. The Balaban J connectivity index is 1.40. The highest BCUT2D eigenvalue weighted by molar-refractivity contribution is 7.25. The van der Waals surface area contributed by atoms with Gasteiger partial charge >= 0.3 is 0 Å². The fraction of sp³-hybridized carbons (Fsp3) is 0. The van der Waals surface area contributed by atoms with Gasteiger partial charge in [0.2, 0.25) is 0 Å². The maximum Gasteiger partial charge on any atom is 0.260 e. The summed E-state index contributed by atoms with van der Waals surface area (Å²) < 4.78 is 15.3. The maximum atomic E-state index is 6.39. The van der Waals surface area contributed by atoms with Crippen molar-refractivity contribution in [2.45, 2.75) is 0 Å². The summed E-state index contributed by atoms with van der Waals surface area (Å²) >= 11 is 1.86. The lowest BCUT2D eigenvalue weighted by Crippen LogP contribution is -2.57. The first-order valence-electron chi connectivity index (χ1n) is 11.5. The van der Waals surface area contributed by atoms with Gasteiger partial charge in [0.05, 0.1) is 0 Å². The molecule has 0 saturated carbocycles. The smallest absolute Gasteiger partial charge is 0.260 e. The average molecular weight is 452 g/mol. The van der Waals surface area contributed by atoms with E-state index in [1.54, 1.807) is 0 Å². The molecule has 0 radical (unpaired) electrons. The Hall–Kier alpha value is -4.02. The summed E-state index contributed by atoms with van der Waals surface area (Å²) in [5, 5.41) is 2.64. The van der Waals surface area contributed by atoms with Crippen molar-refractivity contribution in [3.05, 3.63) is 103 Å². The predicted molar refractivity (Wildman–Crippen MR) is 142 cm³/mol. The van der Waals surface area contributed by atoms with Crippen LogP contribution < -0.4 is 25.9 Å². The third kappa shape index (κ3) is 2.46. The molecule has 158 valence electrons. The quantitative estimate of drug-likeness (QED) is 0.267. The van der Waals surface area contributed by atoms with Crippen molar-refractivity contribution >= 4 is 54.6 Å². The lowest BCUT2D eigenvalue weighted by atomic mass is 9.35. The molecular weight excluding hydrogens is 435 g/mol. The van der Waals surface area contributed by atoms with Crippen molar-refractivity contribution in [1.29, 1.82) is 0 Å². The molecule has 5 aromatic carbocycles. The van der Waals surface area contributed by atoms with Crippen LogP contribution in [-0.4, -0.2) is 6.71 Å². The summed E-state index contributed by atoms with van der Waals surface area (Å²) in [4.78, 5) is 0. The molecule has 0 atom stereocenters. The summed E-state index contributed by atoms with van der Waals surface area (Å²) in [6.07, 6.45) is 0. The maximum absolute atomic E-state index is 6.39. The van der Waals surface area contributed by atoms with Crippen LogP contribution in [-0.2, 0) is 0 Å². The monoisotopic (exact) mass is 452 g/mol. The topological polar surface area (TPSA) is 18.5 Å². The second kappa shape index (κ2) is 6.75. The standard InChI is InChI=1S/C30H17BO2S/c1-4-13-27-20(7-1)29-19(8-5-14-28(29)34-27)18-15-16-24-22(17-18)31-21-9-2-3-10-23(21)32-25-11-6-12-26(33-24)30(25)31/h1-17H. The second-order valence-corrected chi connectivity index (χ2v) is 9.96. The SMILES string of the molecule is c1ccc2c(c1)Oc1cccc3c1B2c1cc(-c2cccc4sc5ccccc5c24)ccc1O3. The molecule has 2 aliphatic heterocycles. The van der Waals surface area contributed by atoms with Gasteiger partial charge in [-0.2, -0.15) is 0 Å². The summed E-state index contributed by atoms with van der Waals surface area (Å²) in [5.74, 6) is 3.59. The normalized spacial score (nSPS) is 13.1. The number of hydrogen-bond acceptors (Lipinski definition) is 3. The van der Waals surface area contributed by atoms with Gasteiger partial charge in [0.1, 0.15) is 23.0 Å². The first kappa shape index (κ1) is 18.4. The lowest BCUT2D eigenvalue weighted by molar-refractivity contribution is 0.464. The van der Waals surface area contributed by atoms with Crippen molar-refractivity contribution < 1.29 is 9.47 Å². The highest BCUT2D eigenvalue weighted by atomic mass is 32.1. The highest BCUT2D eigenvalue weighted by Crippen LogP contribution is 2.41. The van der Waals surface area contributed by atoms with Gasteiger partial charge < -0.3 is 9.47 Å². The lowest BCUT2D eigenvalue weighted by Gasteiger charge is -2.33. The zero-order valence-electron chi connectivity index (χ0n) is 18.1. The van der Waals surface area contributed by atoms with E-state index in [1.165, 1.54) is 42.2 Å². The molecule has 2 nitrogen and oxygen atoms in total. The summed E-state index contributed by atoms with van der Waals surface area (Å²) in [7, 11) is 0. The van der Waals surface area contributed by atoms with Gasteiger partial charge in [-0.3, -0.25) is 0 Å². The van der Waals surface area contributed by atoms with Gasteiger partial charge in [-0.1, -0.05) is 66.7 Å². The fourth-order valence-corrected chi connectivity index (χ4v) is 6.70. The highest BCUT2D eigenvalue weighted by Gasteiger charge is 2.39. The van der Waals surface area contributed by atoms with Crippen LogP contribution in [0.3, 0.4) is 0 Å². The van der Waals surface area contributed by atoms with Crippen molar-refractivity contribution in [3.63, 3.8) is 0 Å². The molecule has 0 unspecified atom stereocenters. The Labute approximate surface area is 201 Å². The Morgan fingerprint density at radius 3 is 2.18 bits per heavy atom. The van der Waals surface area contributed by atoms with Gasteiger partial charge in [0.25, 0.3) is 6.71 Å². The number of fused-ring (bicyclic) bond motifs is 7. The van der Waals surface area contributed by atoms with Crippen LogP contribution >= 0.6 is 11.3 Å². The van der Waals surface area contributed by atoms with E-state index in [4.69, 9.17) is 9.47 Å². The third-order valence-corrected chi connectivity index (χ3v) is 8.16. The Kier molecular flexibility index (Phi) is 3.66. The predicted octanol–water partition coefficient (Wildman–Crippen LogP) is 6.45. The number of para-hydroxylation sites is 1. The van der Waals surface area contributed by atoms with E-state index in [0.717, 1.165) is 28.5 Å². The molecule has 6 aromatic rings. The van der Waals surface area contributed by atoms with Gasteiger partial charge in [-0.25, -0.2) is 0 Å². The summed E-state index contributed by atoms with van der Waals surface area (Å²) in [5.41, 5.74) is 5.96. The van der Waals surface area contributed by atoms with E-state index in [9.17, 15) is 0 Å². The molecule has 8 rings (SSSR count). The van der Waals surface area contributed by atoms with E-state index in [-0.39, 0.29) is 6.71 Å². The van der Waals surface area contributed by atoms with Gasteiger partial charge in [0.15, 0.2) is 0 Å². The number of benzene rings is 5. The van der Waals surface area contributed by atoms with Crippen molar-refractivity contribution in [2.24, 2.45) is 0 Å². The molecule has 3 heterocycles. The van der Waals surface area contributed by atoms with E-state index in [1.807, 2.05) is 35.6 Å². The molecule has 1 aromatic heterocycles. The molecule has 2 aliphatic rings.